The van der Waals surface area contributed by atoms with Gasteiger partial charge < -0.3 is 9.73 Å². The molecular weight excluding hydrogens is 288 g/mol. The predicted octanol–water partition coefficient (Wildman–Crippen LogP) is 3.76. The lowest BCUT2D eigenvalue weighted by Gasteiger charge is -2.25. The van der Waals surface area contributed by atoms with E-state index in [-0.39, 0.29) is 11.9 Å². The van der Waals surface area contributed by atoms with E-state index in [1.165, 1.54) is 19.3 Å². The summed E-state index contributed by atoms with van der Waals surface area (Å²) >= 11 is 0. The highest BCUT2D eigenvalue weighted by atomic mass is 16.4. The highest BCUT2D eigenvalue weighted by Gasteiger charge is 2.17. The number of benzene rings is 1. The van der Waals surface area contributed by atoms with Gasteiger partial charge in [-0.25, -0.2) is 0 Å². The lowest BCUT2D eigenvalue weighted by Crippen LogP contribution is -2.29. The summed E-state index contributed by atoms with van der Waals surface area (Å²) in [5.74, 6) is 1.09. The molecule has 0 aliphatic carbocycles. The Morgan fingerprint density at radius 1 is 1.13 bits per heavy atom. The van der Waals surface area contributed by atoms with Gasteiger partial charge in [0.05, 0.1) is 12.6 Å². The van der Waals surface area contributed by atoms with Crippen LogP contribution in [0.1, 0.15) is 54.1 Å². The first-order chi connectivity index (χ1) is 11.2. The molecule has 0 spiro atoms. The fourth-order valence-corrected chi connectivity index (χ4v) is 3.02. The second kappa shape index (κ2) is 7.47. The van der Waals surface area contributed by atoms with Crippen molar-refractivity contribution in [1.82, 2.24) is 10.2 Å². The summed E-state index contributed by atoms with van der Waals surface area (Å²) < 4.78 is 5.73. The summed E-state index contributed by atoms with van der Waals surface area (Å²) in [6, 6.07) is 13.6. The summed E-state index contributed by atoms with van der Waals surface area (Å²) in [7, 11) is 0. The smallest absolute Gasteiger partial charge is 0.287 e. The van der Waals surface area contributed by atoms with Crippen molar-refractivity contribution in [1.29, 1.82) is 0 Å². The summed E-state index contributed by atoms with van der Waals surface area (Å²) in [6.45, 7) is 5.01. The predicted molar refractivity (Wildman–Crippen MR) is 90.2 cm³/mol. The van der Waals surface area contributed by atoms with E-state index in [0.29, 0.717) is 5.76 Å². The van der Waals surface area contributed by atoms with Gasteiger partial charge in [-0.2, -0.15) is 0 Å². The second-order valence-electron chi connectivity index (χ2n) is 6.21. The van der Waals surface area contributed by atoms with E-state index in [2.05, 4.69) is 10.2 Å². The van der Waals surface area contributed by atoms with Gasteiger partial charge in [0.1, 0.15) is 5.76 Å². The molecular formula is C19H24N2O2. The molecule has 1 saturated heterocycles. The maximum absolute atomic E-state index is 12.3. The van der Waals surface area contributed by atoms with Gasteiger partial charge in [-0.1, -0.05) is 36.8 Å². The van der Waals surface area contributed by atoms with Crippen LogP contribution in [0.25, 0.3) is 0 Å². The molecule has 4 heteroatoms. The minimum atomic E-state index is -0.161. The van der Waals surface area contributed by atoms with Crippen molar-refractivity contribution in [2.45, 2.75) is 38.8 Å². The van der Waals surface area contributed by atoms with Gasteiger partial charge in [-0.3, -0.25) is 9.69 Å². The number of rotatable bonds is 5. The van der Waals surface area contributed by atoms with Crippen molar-refractivity contribution in [3.05, 3.63) is 59.5 Å². The van der Waals surface area contributed by atoms with E-state index in [4.69, 9.17) is 4.42 Å². The number of carbonyl (C=O) groups excluding carboxylic acids is 1. The highest BCUT2D eigenvalue weighted by Crippen LogP contribution is 2.17. The summed E-state index contributed by atoms with van der Waals surface area (Å²) in [4.78, 5) is 14.7. The van der Waals surface area contributed by atoms with Crippen LogP contribution in [0.3, 0.4) is 0 Å². The molecule has 1 N–H and O–H groups in total. The Labute approximate surface area is 137 Å². The highest BCUT2D eigenvalue weighted by molar-refractivity contribution is 5.91. The quantitative estimate of drug-likeness (QED) is 0.914. The first-order valence-electron chi connectivity index (χ1n) is 8.39. The van der Waals surface area contributed by atoms with Crippen molar-refractivity contribution in [3.8, 4) is 0 Å². The Morgan fingerprint density at radius 3 is 2.61 bits per heavy atom. The first kappa shape index (κ1) is 15.8. The Kier molecular flexibility index (Phi) is 5.13. The number of piperidine rings is 1. The van der Waals surface area contributed by atoms with Crippen LogP contribution in [-0.2, 0) is 6.54 Å². The molecule has 1 unspecified atom stereocenters. The Bertz CT molecular complexity index is 630. The van der Waals surface area contributed by atoms with Gasteiger partial charge in [0.25, 0.3) is 5.91 Å². The van der Waals surface area contributed by atoms with Gasteiger partial charge in [-0.15, -0.1) is 0 Å². The number of carbonyl (C=O) groups is 1. The molecule has 1 aliphatic rings. The van der Waals surface area contributed by atoms with Gasteiger partial charge in [0, 0.05) is 0 Å². The van der Waals surface area contributed by atoms with E-state index in [1.807, 2.05) is 43.3 Å². The zero-order valence-electron chi connectivity index (χ0n) is 13.6. The molecule has 122 valence electrons. The third-order valence-corrected chi connectivity index (χ3v) is 4.36. The maximum Gasteiger partial charge on any atom is 0.287 e. The summed E-state index contributed by atoms with van der Waals surface area (Å²) in [5.41, 5.74) is 1.08. The van der Waals surface area contributed by atoms with Gasteiger partial charge in [-0.05, 0) is 50.6 Å². The Hall–Kier alpha value is -2.07. The third kappa shape index (κ3) is 4.23. The molecule has 1 atom stereocenters. The zero-order chi connectivity index (χ0) is 16.1. The van der Waals surface area contributed by atoms with Crippen molar-refractivity contribution in [2.24, 2.45) is 0 Å². The van der Waals surface area contributed by atoms with E-state index < -0.39 is 0 Å². The van der Waals surface area contributed by atoms with Crippen LogP contribution < -0.4 is 5.32 Å². The molecule has 0 bridgehead atoms. The van der Waals surface area contributed by atoms with E-state index >= 15 is 0 Å². The number of likely N-dealkylation sites (tertiary alicyclic amines) is 1. The average molecular weight is 312 g/mol. The number of hydrogen-bond donors (Lipinski definition) is 1. The van der Waals surface area contributed by atoms with Crippen molar-refractivity contribution < 1.29 is 9.21 Å². The van der Waals surface area contributed by atoms with Gasteiger partial charge in [0.2, 0.25) is 0 Å². The fraction of sp³-hybridized carbons (Fsp3) is 0.421. The normalized spacial score (nSPS) is 16.9. The molecule has 2 aromatic rings. The Morgan fingerprint density at radius 2 is 1.87 bits per heavy atom. The van der Waals surface area contributed by atoms with Crippen LogP contribution in [-0.4, -0.2) is 23.9 Å². The molecule has 1 aliphatic heterocycles. The minimum absolute atomic E-state index is 0.0423. The number of nitrogens with one attached hydrogen (secondary N) is 1. The molecule has 1 amide bonds. The summed E-state index contributed by atoms with van der Waals surface area (Å²) in [6.07, 6.45) is 3.82. The maximum atomic E-state index is 12.3. The number of hydrogen-bond acceptors (Lipinski definition) is 3. The lowest BCUT2D eigenvalue weighted by molar-refractivity contribution is 0.0907. The van der Waals surface area contributed by atoms with Crippen LogP contribution in [0.5, 0.6) is 0 Å². The van der Waals surface area contributed by atoms with Crippen molar-refractivity contribution >= 4 is 5.91 Å². The molecule has 0 saturated carbocycles. The monoisotopic (exact) mass is 312 g/mol. The van der Waals surface area contributed by atoms with E-state index in [1.54, 1.807) is 6.07 Å². The van der Waals surface area contributed by atoms with Crippen LogP contribution in [0.15, 0.2) is 46.9 Å². The lowest BCUT2D eigenvalue weighted by atomic mass is 10.1. The average Bonchev–Trinajstić information content (AvgIpc) is 3.05. The molecule has 1 aromatic heterocycles. The second-order valence-corrected chi connectivity index (χ2v) is 6.21. The SMILES string of the molecule is CC(NC(=O)c1ccc(CN2CCCCC2)o1)c1ccccc1. The van der Waals surface area contributed by atoms with Gasteiger partial charge >= 0.3 is 0 Å². The molecule has 23 heavy (non-hydrogen) atoms. The summed E-state index contributed by atoms with van der Waals surface area (Å²) in [5, 5.41) is 2.98. The Balaban J connectivity index is 1.57. The van der Waals surface area contributed by atoms with Crippen LogP contribution >= 0.6 is 0 Å². The molecule has 3 rings (SSSR count). The molecule has 0 radical (unpaired) electrons. The third-order valence-electron chi connectivity index (χ3n) is 4.36. The largest absolute Gasteiger partial charge is 0.455 e. The zero-order valence-corrected chi connectivity index (χ0v) is 13.6. The number of nitrogens with zero attached hydrogens (tertiary/aromatic N) is 1. The molecule has 1 fully saturated rings. The molecule has 2 heterocycles. The number of amides is 1. The van der Waals surface area contributed by atoms with Crippen molar-refractivity contribution in [2.75, 3.05) is 13.1 Å². The van der Waals surface area contributed by atoms with E-state index in [9.17, 15) is 4.79 Å². The van der Waals surface area contributed by atoms with Gasteiger partial charge in [0.15, 0.2) is 5.76 Å². The van der Waals surface area contributed by atoms with Crippen LogP contribution in [0.4, 0.5) is 0 Å². The molecule has 4 nitrogen and oxygen atoms in total. The van der Waals surface area contributed by atoms with E-state index in [0.717, 1.165) is 31.0 Å². The topological polar surface area (TPSA) is 45.5 Å². The fourth-order valence-electron chi connectivity index (χ4n) is 3.02. The standard InChI is InChI=1S/C19H24N2O2/c1-15(16-8-4-2-5-9-16)20-19(22)18-11-10-17(23-18)14-21-12-6-3-7-13-21/h2,4-5,8-11,15H,3,6-7,12-14H2,1H3,(H,20,22). The number of furan rings is 1. The van der Waals surface area contributed by atoms with Crippen LogP contribution in [0.2, 0.25) is 0 Å². The first-order valence-corrected chi connectivity index (χ1v) is 8.39. The van der Waals surface area contributed by atoms with Crippen molar-refractivity contribution in [3.63, 3.8) is 0 Å². The van der Waals surface area contributed by atoms with Crippen LogP contribution in [0, 0.1) is 0 Å². The minimum Gasteiger partial charge on any atom is -0.455 e. The molecule has 1 aromatic carbocycles.